The first kappa shape index (κ1) is 26.6. The van der Waals surface area contributed by atoms with Crippen molar-refractivity contribution in [3.63, 3.8) is 0 Å². The molecule has 12 heteroatoms. The van der Waals surface area contributed by atoms with Gasteiger partial charge in [-0.2, -0.15) is 10.2 Å². The van der Waals surface area contributed by atoms with Gasteiger partial charge in [0, 0.05) is 22.9 Å². The van der Waals surface area contributed by atoms with Crippen LogP contribution in [0.5, 0.6) is 0 Å². The highest BCUT2D eigenvalue weighted by molar-refractivity contribution is 6.04. The van der Waals surface area contributed by atoms with E-state index in [1.165, 1.54) is 28.2 Å². The number of hydrogen-bond donors (Lipinski definition) is 2. The van der Waals surface area contributed by atoms with E-state index < -0.39 is 29.5 Å². The van der Waals surface area contributed by atoms with Gasteiger partial charge in [-0.25, -0.2) is 32.5 Å². The lowest BCUT2D eigenvalue weighted by atomic mass is 9.93. The van der Waals surface area contributed by atoms with E-state index in [2.05, 4.69) is 20.5 Å². The van der Waals surface area contributed by atoms with Crippen LogP contribution >= 0.6 is 0 Å². The standard InChI is InChI=1S/C28H25F2N7O3/c1-18-3-4-20(11-19(18)2)26(38)34-22-6-8-23(9-7-22)36-17-33-37(27(36)39)14-28(40,13-35-16-31-15-32-35)24-10-5-21(29)12-25(24)30/h3-12,15-17,40H,13-14H2,1-2H3,(H,34,38)/t28-/m0/s1. The fourth-order valence-corrected chi connectivity index (χ4v) is 4.33. The fourth-order valence-electron chi connectivity index (χ4n) is 4.33. The van der Waals surface area contributed by atoms with E-state index in [-0.39, 0.29) is 18.0 Å². The number of nitrogens with one attached hydrogen (secondary N) is 1. The molecule has 0 aliphatic rings. The summed E-state index contributed by atoms with van der Waals surface area (Å²) in [7, 11) is 0. The zero-order valence-corrected chi connectivity index (χ0v) is 21.6. The number of aryl methyl sites for hydroxylation is 2. The molecule has 40 heavy (non-hydrogen) atoms. The third kappa shape index (κ3) is 5.43. The molecule has 3 aromatic carbocycles. The summed E-state index contributed by atoms with van der Waals surface area (Å²) in [5, 5.41) is 22.4. The molecule has 0 aliphatic carbocycles. The molecule has 0 bridgehead atoms. The van der Waals surface area contributed by atoms with Crippen LogP contribution in [0.2, 0.25) is 0 Å². The van der Waals surface area contributed by atoms with Crippen molar-refractivity contribution in [2.75, 3.05) is 5.32 Å². The van der Waals surface area contributed by atoms with Gasteiger partial charge in [-0.1, -0.05) is 12.1 Å². The maximum absolute atomic E-state index is 14.7. The van der Waals surface area contributed by atoms with Crippen LogP contribution in [0.15, 0.2) is 84.4 Å². The Morgan fingerprint density at radius 1 is 0.950 bits per heavy atom. The molecule has 0 aliphatic heterocycles. The molecule has 0 unspecified atom stereocenters. The molecule has 10 nitrogen and oxygen atoms in total. The van der Waals surface area contributed by atoms with Crippen molar-refractivity contribution in [3.05, 3.63) is 124 Å². The summed E-state index contributed by atoms with van der Waals surface area (Å²) < 4.78 is 31.8. The third-order valence-electron chi connectivity index (χ3n) is 6.64. The Balaban J connectivity index is 1.38. The number of carbonyl (C=O) groups excluding carboxylic acids is 1. The normalized spacial score (nSPS) is 12.7. The summed E-state index contributed by atoms with van der Waals surface area (Å²) in [6.45, 7) is 3.18. The Labute approximate surface area is 227 Å². The number of carbonyl (C=O) groups is 1. The maximum atomic E-state index is 14.7. The molecule has 2 heterocycles. The van der Waals surface area contributed by atoms with Gasteiger partial charge in [-0.3, -0.25) is 4.79 Å². The molecule has 204 valence electrons. The molecule has 2 N–H and O–H groups in total. The van der Waals surface area contributed by atoms with Gasteiger partial charge in [0.05, 0.1) is 18.8 Å². The summed E-state index contributed by atoms with van der Waals surface area (Å²) >= 11 is 0. The van der Waals surface area contributed by atoms with Gasteiger partial charge in [0.15, 0.2) is 0 Å². The SMILES string of the molecule is Cc1ccc(C(=O)Nc2ccc(-n3cnn(C[C@@](O)(Cn4cncn4)c4ccc(F)cc4F)c3=O)cc2)cc1C. The largest absolute Gasteiger partial charge is 0.381 e. The molecule has 0 fully saturated rings. The molecule has 2 aromatic heterocycles. The van der Waals surface area contributed by atoms with Crippen LogP contribution in [-0.4, -0.2) is 40.1 Å². The number of aromatic nitrogens is 6. The zero-order valence-electron chi connectivity index (χ0n) is 21.6. The van der Waals surface area contributed by atoms with Crippen molar-refractivity contribution in [1.29, 1.82) is 0 Å². The van der Waals surface area contributed by atoms with Crippen LogP contribution < -0.4 is 11.0 Å². The lowest BCUT2D eigenvalue weighted by molar-refractivity contribution is -0.00948. The predicted molar refractivity (Wildman–Crippen MR) is 142 cm³/mol. The van der Waals surface area contributed by atoms with Crippen molar-refractivity contribution < 1.29 is 18.7 Å². The zero-order chi connectivity index (χ0) is 28.4. The summed E-state index contributed by atoms with van der Waals surface area (Å²) in [6, 6.07) is 14.8. The highest BCUT2D eigenvalue weighted by Crippen LogP contribution is 2.28. The Morgan fingerprint density at radius 3 is 2.40 bits per heavy atom. The van der Waals surface area contributed by atoms with E-state index in [9.17, 15) is 23.5 Å². The monoisotopic (exact) mass is 545 g/mol. The lowest BCUT2D eigenvalue weighted by Crippen LogP contribution is -2.41. The Kier molecular flexibility index (Phi) is 7.09. The molecule has 5 aromatic rings. The topological polar surface area (TPSA) is 120 Å². The number of amides is 1. The van der Waals surface area contributed by atoms with Gasteiger partial charge in [-0.15, -0.1) is 0 Å². The first-order valence-electron chi connectivity index (χ1n) is 12.3. The second-order valence-electron chi connectivity index (χ2n) is 9.49. The van der Waals surface area contributed by atoms with Gasteiger partial charge in [0.25, 0.3) is 5.91 Å². The molecule has 0 spiro atoms. The Bertz CT molecular complexity index is 1730. The smallest absolute Gasteiger partial charge is 0.350 e. The minimum Gasteiger partial charge on any atom is -0.381 e. The van der Waals surface area contributed by atoms with E-state index in [1.807, 2.05) is 26.0 Å². The molecular formula is C28H25F2N7O3. The number of nitrogens with zero attached hydrogens (tertiary/aromatic N) is 6. The summed E-state index contributed by atoms with van der Waals surface area (Å²) in [4.78, 5) is 29.7. The van der Waals surface area contributed by atoms with Gasteiger partial charge in [-0.05, 0) is 67.4 Å². The molecule has 0 radical (unpaired) electrons. The highest BCUT2D eigenvalue weighted by atomic mass is 19.1. The first-order valence-corrected chi connectivity index (χ1v) is 12.3. The summed E-state index contributed by atoms with van der Waals surface area (Å²) in [5.74, 6) is -2.05. The quantitative estimate of drug-likeness (QED) is 0.309. The summed E-state index contributed by atoms with van der Waals surface area (Å²) in [5.41, 5.74) is 0.759. The van der Waals surface area contributed by atoms with Gasteiger partial charge in [0.2, 0.25) is 0 Å². The third-order valence-corrected chi connectivity index (χ3v) is 6.64. The number of rotatable bonds is 8. The number of halogens is 2. The number of hydrogen-bond acceptors (Lipinski definition) is 6. The van der Waals surface area contributed by atoms with E-state index in [0.717, 1.165) is 27.9 Å². The van der Waals surface area contributed by atoms with E-state index in [4.69, 9.17) is 0 Å². The molecule has 0 saturated carbocycles. The van der Waals surface area contributed by atoms with Gasteiger partial charge in [0.1, 0.15) is 36.2 Å². The van der Waals surface area contributed by atoms with Crippen LogP contribution in [0.4, 0.5) is 14.5 Å². The fraction of sp³-hybridized carbons (Fsp3) is 0.179. The predicted octanol–water partition coefficient (Wildman–Crippen LogP) is 3.36. The van der Waals surface area contributed by atoms with Crippen LogP contribution in [0, 0.1) is 25.5 Å². The van der Waals surface area contributed by atoms with Crippen LogP contribution in [-0.2, 0) is 18.7 Å². The van der Waals surface area contributed by atoms with Crippen molar-refractivity contribution in [2.45, 2.75) is 32.5 Å². The van der Waals surface area contributed by atoms with Crippen molar-refractivity contribution in [2.24, 2.45) is 0 Å². The average molecular weight is 546 g/mol. The molecule has 1 amide bonds. The minimum atomic E-state index is -2.02. The first-order chi connectivity index (χ1) is 19.1. The molecule has 0 saturated heterocycles. The summed E-state index contributed by atoms with van der Waals surface area (Å²) in [6.07, 6.45) is 3.84. The van der Waals surface area contributed by atoms with E-state index in [1.54, 1.807) is 30.3 Å². The number of aliphatic hydroxyl groups is 1. The average Bonchev–Trinajstić information content (AvgIpc) is 3.55. The highest BCUT2D eigenvalue weighted by Gasteiger charge is 2.35. The Morgan fingerprint density at radius 2 is 1.73 bits per heavy atom. The van der Waals surface area contributed by atoms with Crippen molar-refractivity contribution in [1.82, 2.24) is 29.1 Å². The maximum Gasteiger partial charge on any atom is 0.350 e. The number of benzene rings is 3. The Hall–Kier alpha value is -4.97. The van der Waals surface area contributed by atoms with Crippen molar-refractivity contribution >= 4 is 11.6 Å². The molecular weight excluding hydrogens is 520 g/mol. The van der Waals surface area contributed by atoms with Crippen LogP contribution in [0.25, 0.3) is 5.69 Å². The molecule has 5 rings (SSSR count). The van der Waals surface area contributed by atoms with Gasteiger partial charge < -0.3 is 10.4 Å². The lowest BCUT2D eigenvalue weighted by Gasteiger charge is -2.28. The minimum absolute atomic E-state index is 0.227. The van der Waals surface area contributed by atoms with Crippen LogP contribution in [0.1, 0.15) is 27.0 Å². The number of anilines is 1. The second-order valence-corrected chi connectivity index (χ2v) is 9.49. The van der Waals surface area contributed by atoms with E-state index >= 15 is 0 Å². The van der Waals surface area contributed by atoms with Crippen LogP contribution in [0.3, 0.4) is 0 Å². The van der Waals surface area contributed by atoms with Crippen molar-refractivity contribution in [3.8, 4) is 5.69 Å². The second kappa shape index (κ2) is 10.7. The van der Waals surface area contributed by atoms with E-state index in [0.29, 0.717) is 23.0 Å². The van der Waals surface area contributed by atoms with Gasteiger partial charge >= 0.3 is 5.69 Å². The molecule has 1 atom stereocenters.